The van der Waals surface area contributed by atoms with Crippen LogP contribution in [0.4, 0.5) is 10.2 Å². The molecule has 0 radical (unpaired) electrons. The number of anilines is 1. The van der Waals surface area contributed by atoms with Gasteiger partial charge in [0.15, 0.2) is 17.5 Å². The van der Waals surface area contributed by atoms with Gasteiger partial charge in [0.1, 0.15) is 5.75 Å². The molecule has 2 rings (SSSR count). The molecular formula is C12H11ClFN3O. The van der Waals surface area contributed by atoms with Crippen LogP contribution in [0.1, 0.15) is 5.69 Å². The van der Waals surface area contributed by atoms with Crippen molar-refractivity contribution in [2.24, 2.45) is 0 Å². The monoisotopic (exact) mass is 267 g/mol. The lowest BCUT2D eigenvalue weighted by molar-refractivity contribution is 0.475. The molecule has 1 aromatic carbocycles. The van der Waals surface area contributed by atoms with Crippen molar-refractivity contribution in [3.8, 4) is 17.1 Å². The Balaban J connectivity index is 2.57. The Morgan fingerprint density at radius 3 is 2.67 bits per heavy atom. The van der Waals surface area contributed by atoms with Gasteiger partial charge in [-0.15, -0.1) is 0 Å². The van der Waals surface area contributed by atoms with Crippen molar-refractivity contribution in [3.63, 3.8) is 0 Å². The molecule has 2 N–H and O–H groups in total. The van der Waals surface area contributed by atoms with Crippen LogP contribution in [0, 0.1) is 12.7 Å². The lowest BCUT2D eigenvalue weighted by atomic mass is 10.2. The Labute approximate surface area is 108 Å². The zero-order valence-corrected chi connectivity index (χ0v) is 10.6. The van der Waals surface area contributed by atoms with Crippen molar-refractivity contribution < 1.29 is 9.50 Å². The number of benzene rings is 1. The van der Waals surface area contributed by atoms with Crippen LogP contribution in [-0.2, 0) is 0 Å². The molecule has 1 heterocycles. The highest BCUT2D eigenvalue weighted by molar-refractivity contribution is 6.32. The summed E-state index contributed by atoms with van der Waals surface area (Å²) in [7, 11) is 1.58. The van der Waals surface area contributed by atoms with Gasteiger partial charge in [-0.1, -0.05) is 11.6 Å². The van der Waals surface area contributed by atoms with E-state index in [2.05, 4.69) is 15.3 Å². The third-order valence-corrected chi connectivity index (χ3v) is 2.76. The van der Waals surface area contributed by atoms with Crippen LogP contribution in [0.5, 0.6) is 5.75 Å². The maximum absolute atomic E-state index is 13.6. The first-order valence-electron chi connectivity index (χ1n) is 5.23. The molecule has 0 amide bonds. The van der Waals surface area contributed by atoms with E-state index in [1.807, 2.05) is 0 Å². The summed E-state index contributed by atoms with van der Waals surface area (Å²) >= 11 is 5.81. The van der Waals surface area contributed by atoms with E-state index in [4.69, 9.17) is 11.6 Å². The molecule has 0 atom stereocenters. The number of hydrogen-bond donors (Lipinski definition) is 2. The number of halogens is 2. The molecule has 1 aromatic heterocycles. The Morgan fingerprint density at radius 1 is 1.33 bits per heavy atom. The van der Waals surface area contributed by atoms with Gasteiger partial charge in [-0.25, -0.2) is 14.4 Å². The number of hydrogen-bond acceptors (Lipinski definition) is 4. The van der Waals surface area contributed by atoms with Crippen molar-refractivity contribution in [3.05, 3.63) is 34.7 Å². The van der Waals surface area contributed by atoms with Crippen molar-refractivity contribution in [1.82, 2.24) is 9.97 Å². The third-order valence-electron chi connectivity index (χ3n) is 2.46. The molecule has 0 saturated carbocycles. The maximum Gasteiger partial charge on any atom is 0.186 e. The lowest BCUT2D eigenvalue weighted by Gasteiger charge is -2.08. The van der Waals surface area contributed by atoms with Gasteiger partial charge in [0, 0.05) is 12.6 Å². The van der Waals surface area contributed by atoms with Crippen LogP contribution in [0.2, 0.25) is 5.02 Å². The van der Waals surface area contributed by atoms with Crippen LogP contribution >= 0.6 is 11.6 Å². The average Bonchev–Trinajstić information content (AvgIpc) is 2.36. The minimum absolute atomic E-state index is 0.0203. The topological polar surface area (TPSA) is 58.0 Å². The SMILES string of the molecule is CNc1nc(-c2ccc(O)c(Cl)c2)nc(C)c1F. The molecule has 0 bridgehead atoms. The van der Waals surface area contributed by atoms with Crippen LogP contribution in [0.15, 0.2) is 18.2 Å². The van der Waals surface area contributed by atoms with E-state index in [1.165, 1.54) is 12.1 Å². The van der Waals surface area contributed by atoms with Crippen molar-refractivity contribution in [2.75, 3.05) is 12.4 Å². The van der Waals surface area contributed by atoms with Crippen LogP contribution in [0.3, 0.4) is 0 Å². The van der Waals surface area contributed by atoms with Gasteiger partial charge in [0.05, 0.1) is 10.7 Å². The number of aromatic nitrogens is 2. The number of nitrogens with zero attached hydrogens (tertiary/aromatic N) is 2. The first-order valence-corrected chi connectivity index (χ1v) is 5.61. The molecule has 6 heteroatoms. The predicted octanol–water partition coefficient (Wildman–Crippen LogP) is 2.99. The molecule has 0 aliphatic rings. The molecule has 94 valence electrons. The summed E-state index contributed by atoms with van der Waals surface area (Å²) in [6, 6.07) is 4.59. The maximum atomic E-state index is 13.6. The summed E-state index contributed by atoms with van der Waals surface area (Å²) in [6.45, 7) is 1.56. The molecule has 0 spiro atoms. The second-order valence-electron chi connectivity index (χ2n) is 3.71. The van der Waals surface area contributed by atoms with E-state index in [9.17, 15) is 9.50 Å². The molecule has 0 fully saturated rings. The zero-order chi connectivity index (χ0) is 13.3. The smallest absolute Gasteiger partial charge is 0.186 e. The van der Waals surface area contributed by atoms with Gasteiger partial charge in [-0.05, 0) is 25.1 Å². The van der Waals surface area contributed by atoms with E-state index >= 15 is 0 Å². The lowest BCUT2D eigenvalue weighted by Crippen LogP contribution is -2.03. The summed E-state index contributed by atoms with van der Waals surface area (Å²) in [4.78, 5) is 8.11. The van der Waals surface area contributed by atoms with Crippen molar-refractivity contribution in [1.29, 1.82) is 0 Å². The summed E-state index contributed by atoms with van der Waals surface area (Å²) in [5.41, 5.74) is 0.853. The summed E-state index contributed by atoms with van der Waals surface area (Å²) < 4.78 is 13.6. The van der Waals surface area contributed by atoms with E-state index < -0.39 is 5.82 Å². The Hall–Kier alpha value is -1.88. The normalized spacial score (nSPS) is 10.4. The Morgan fingerprint density at radius 2 is 2.06 bits per heavy atom. The number of nitrogens with one attached hydrogen (secondary N) is 1. The fourth-order valence-electron chi connectivity index (χ4n) is 1.50. The minimum Gasteiger partial charge on any atom is -0.506 e. The highest BCUT2D eigenvalue weighted by atomic mass is 35.5. The molecule has 0 aliphatic carbocycles. The first-order chi connectivity index (χ1) is 8.52. The number of aryl methyl sites for hydroxylation is 1. The zero-order valence-electron chi connectivity index (χ0n) is 9.83. The molecule has 0 aliphatic heterocycles. The quantitative estimate of drug-likeness (QED) is 0.878. The molecule has 2 aromatic rings. The first kappa shape index (κ1) is 12.6. The van der Waals surface area contributed by atoms with Gasteiger partial charge in [-0.2, -0.15) is 0 Å². The Kier molecular flexibility index (Phi) is 3.34. The fraction of sp³-hybridized carbons (Fsp3) is 0.167. The van der Waals surface area contributed by atoms with Crippen LogP contribution < -0.4 is 5.32 Å². The number of rotatable bonds is 2. The van der Waals surface area contributed by atoms with Gasteiger partial charge in [-0.3, -0.25) is 0 Å². The highest BCUT2D eigenvalue weighted by Gasteiger charge is 2.12. The van der Waals surface area contributed by atoms with Crippen LogP contribution in [0.25, 0.3) is 11.4 Å². The summed E-state index contributed by atoms with van der Waals surface area (Å²) in [6.07, 6.45) is 0. The third kappa shape index (κ3) is 2.22. The standard InChI is InChI=1S/C12H11ClFN3O/c1-6-10(14)12(15-2)17-11(16-6)7-3-4-9(18)8(13)5-7/h3-5,18H,1-2H3,(H,15,16,17). The molecule has 0 saturated heterocycles. The van der Waals surface area contributed by atoms with E-state index in [0.29, 0.717) is 11.4 Å². The summed E-state index contributed by atoms with van der Waals surface area (Å²) in [5, 5.41) is 12.2. The van der Waals surface area contributed by atoms with Gasteiger partial charge < -0.3 is 10.4 Å². The molecule has 4 nitrogen and oxygen atoms in total. The van der Waals surface area contributed by atoms with Gasteiger partial charge in [0.2, 0.25) is 0 Å². The minimum atomic E-state index is -0.480. The number of aromatic hydroxyl groups is 1. The van der Waals surface area contributed by atoms with Gasteiger partial charge in [0.25, 0.3) is 0 Å². The molecular weight excluding hydrogens is 257 g/mol. The largest absolute Gasteiger partial charge is 0.506 e. The second-order valence-corrected chi connectivity index (χ2v) is 4.12. The fourth-order valence-corrected chi connectivity index (χ4v) is 1.68. The van der Waals surface area contributed by atoms with Crippen LogP contribution in [-0.4, -0.2) is 22.1 Å². The molecule has 18 heavy (non-hydrogen) atoms. The van der Waals surface area contributed by atoms with E-state index in [0.717, 1.165) is 0 Å². The van der Waals surface area contributed by atoms with Gasteiger partial charge >= 0.3 is 0 Å². The highest BCUT2D eigenvalue weighted by Crippen LogP contribution is 2.28. The average molecular weight is 268 g/mol. The number of phenolic OH excluding ortho intramolecular Hbond substituents is 1. The predicted molar refractivity (Wildman–Crippen MR) is 68.4 cm³/mol. The summed E-state index contributed by atoms with van der Waals surface area (Å²) in [5.74, 6) is -0.0268. The van der Waals surface area contributed by atoms with E-state index in [-0.39, 0.29) is 22.3 Å². The van der Waals surface area contributed by atoms with E-state index in [1.54, 1.807) is 20.0 Å². The van der Waals surface area contributed by atoms with Crippen molar-refractivity contribution in [2.45, 2.75) is 6.92 Å². The number of phenols is 1. The van der Waals surface area contributed by atoms with Crippen molar-refractivity contribution >= 4 is 17.4 Å². The second kappa shape index (κ2) is 4.78. The Bertz CT molecular complexity index is 604. The molecule has 0 unspecified atom stereocenters.